The number of nitrogens with zero attached hydrogens (tertiary/aromatic N) is 1. The maximum absolute atomic E-state index is 8.69. The molecular weight excluding hydrogens is 318 g/mol. The first kappa shape index (κ1) is 14.4. The molecule has 0 heterocycles. The molecular formula is C16H14BrNO2. The smallest absolute Gasteiger partial charge is 0.119 e. The van der Waals surface area contributed by atoms with Gasteiger partial charge in [-0.2, -0.15) is 5.26 Å². The minimum atomic E-state index is 0.586. The molecule has 0 amide bonds. The van der Waals surface area contributed by atoms with Crippen molar-refractivity contribution in [2.24, 2.45) is 0 Å². The fourth-order valence-electron chi connectivity index (χ4n) is 1.60. The van der Waals surface area contributed by atoms with E-state index in [4.69, 9.17) is 14.7 Å². The van der Waals surface area contributed by atoms with Crippen LogP contribution < -0.4 is 9.47 Å². The third-order valence-corrected chi connectivity index (χ3v) is 3.15. The second-order valence-electron chi connectivity index (χ2n) is 4.14. The van der Waals surface area contributed by atoms with E-state index in [1.165, 1.54) is 0 Å². The number of hydrogen-bond acceptors (Lipinski definition) is 3. The zero-order valence-corrected chi connectivity index (χ0v) is 12.5. The van der Waals surface area contributed by atoms with Gasteiger partial charge in [-0.15, -0.1) is 0 Å². The van der Waals surface area contributed by atoms with Crippen molar-refractivity contribution >= 4 is 15.9 Å². The predicted molar refractivity (Wildman–Crippen MR) is 80.9 cm³/mol. The van der Waals surface area contributed by atoms with Gasteiger partial charge in [-0.25, -0.2) is 0 Å². The van der Waals surface area contributed by atoms with Gasteiger partial charge in [0.1, 0.15) is 11.5 Å². The van der Waals surface area contributed by atoms with Crippen LogP contribution in [-0.4, -0.2) is 13.2 Å². The van der Waals surface area contributed by atoms with E-state index in [0.717, 1.165) is 22.4 Å². The van der Waals surface area contributed by atoms with Gasteiger partial charge in [0.2, 0.25) is 0 Å². The van der Waals surface area contributed by atoms with E-state index in [1.807, 2.05) is 24.3 Å². The van der Waals surface area contributed by atoms with E-state index in [2.05, 4.69) is 22.0 Å². The van der Waals surface area contributed by atoms with Crippen LogP contribution in [-0.2, 0) is 0 Å². The Balaban J connectivity index is 1.66. The van der Waals surface area contributed by atoms with Gasteiger partial charge in [-0.1, -0.05) is 15.9 Å². The minimum Gasteiger partial charge on any atom is -0.493 e. The minimum absolute atomic E-state index is 0.586. The van der Waals surface area contributed by atoms with Crippen molar-refractivity contribution in [2.45, 2.75) is 6.42 Å². The van der Waals surface area contributed by atoms with Crippen LogP contribution in [0.1, 0.15) is 12.0 Å². The van der Waals surface area contributed by atoms with Crippen LogP contribution >= 0.6 is 15.9 Å². The second-order valence-corrected chi connectivity index (χ2v) is 5.06. The van der Waals surface area contributed by atoms with Crippen molar-refractivity contribution in [1.29, 1.82) is 5.26 Å². The van der Waals surface area contributed by atoms with Gasteiger partial charge in [0.05, 0.1) is 24.8 Å². The summed E-state index contributed by atoms with van der Waals surface area (Å²) in [7, 11) is 0. The lowest BCUT2D eigenvalue weighted by Gasteiger charge is -2.08. The molecule has 2 aromatic rings. The van der Waals surface area contributed by atoms with Gasteiger partial charge in [0.25, 0.3) is 0 Å². The first-order chi connectivity index (χ1) is 9.78. The average Bonchev–Trinajstić information content (AvgIpc) is 2.49. The van der Waals surface area contributed by atoms with Crippen molar-refractivity contribution in [2.75, 3.05) is 13.2 Å². The standard InChI is InChI=1S/C16H14BrNO2/c17-14-4-8-16(9-5-14)20-11-1-10-19-15-6-2-13(12-18)3-7-15/h2-9H,1,10-11H2. The van der Waals surface area contributed by atoms with E-state index in [1.54, 1.807) is 24.3 Å². The van der Waals surface area contributed by atoms with Crippen molar-refractivity contribution in [3.8, 4) is 17.6 Å². The summed E-state index contributed by atoms with van der Waals surface area (Å²) in [5.41, 5.74) is 0.635. The molecule has 0 aliphatic rings. The fourth-order valence-corrected chi connectivity index (χ4v) is 1.86. The van der Waals surface area contributed by atoms with E-state index < -0.39 is 0 Å². The number of nitriles is 1. The van der Waals surface area contributed by atoms with Gasteiger partial charge >= 0.3 is 0 Å². The summed E-state index contributed by atoms with van der Waals surface area (Å²) in [4.78, 5) is 0. The van der Waals surface area contributed by atoms with E-state index in [-0.39, 0.29) is 0 Å². The molecule has 0 aliphatic carbocycles. The highest BCUT2D eigenvalue weighted by molar-refractivity contribution is 9.10. The summed E-state index contributed by atoms with van der Waals surface area (Å²) in [6, 6.07) is 16.9. The molecule has 0 spiro atoms. The molecule has 0 aromatic heterocycles. The lowest BCUT2D eigenvalue weighted by atomic mass is 10.2. The SMILES string of the molecule is N#Cc1ccc(OCCCOc2ccc(Br)cc2)cc1. The van der Waals surface area contributed by atoms with Gasteiger partial charge in [0, 0.05) is 10.9 Å². The number of benzene rings is 2. The summed E-state index contributed by atoms with van der Waals surface area (Å²) >= 11 is 3.38. The number of ether oxygens (including phenoxy) is 2. The number of hydrogen-bond donors (Lipinski definition) is 0. The lowest BCUT2D eigenvalue weighted by Crippen LogP contribution is -2.04. The van der Waals surface area contributed by atoms with Gasteiger partial charge in [-0.05, 0) is 48.5 Å². The molecule has 0 unspecified atom stereocenters. The van der Waals surface area contributed by atoms with Crippen LogP contribution in [0.5, 0.6) is 11.5 Å². The van der Waals surface area contributed by atoms with Crippen molar-refractivity contribution in [3.05, 3.63) is 58.6 Å². The zero-order chi connectivity index (χ0) is 14.2. The molecule has 2 rings (SSSR count). The highest BCUT2D eigenvalue weighted by atomic mass is 79.9. The Kier molecular flexibility index (Phi) is 5.45. The Labute approximate surface area is 126 Å². The Morgan fingerprint density at radius 1 is 0.850 bits per heavy atom. The van der Waals surface area contributed by atoms with E-state index in [9.17, 15) is 0 Å². The predicted octanol–water partition coefficient (Wildman–Crippen LogP) is 4.17. The lowest BCUT2D eigenvalue weighted by molar-refractivity contribution is 0.247. The van der Waals surface area contributed by atoms with Crippen LogP contribution in [0.15, 0.2) is 53.0 Å². The van der Waals surface area contributed by atoms with E-state index >= 15 is 0 Å². The highest BCUT2D eigenvalue weighted by Gasteiger charge is 1.96. The third-order valence-electron chi connectivity index (χ3n) is 2.62. The van der Waals surface area contributed by atoms with Gasteiger partial charge in [0.15, 0.2) is 0 Å². The average molecular weight is 332 g/mol. The summed E-state index contributed by atoms with van der Waals surface area (Å²) in [6.45, 7) is 1.19. The van der Waals surface area contributed by atoms with Gasteiger partial charge in [-0.3, -0.25) is 0 Å². The van der Waals surface area contributed by atoms with Crippen LogP contribution in [0.3, 0.4) is 0 Å². The molecule has 0 saturated heterocycles. The maximum atomic E-state index is 8.69. The first-order valence-corrected chi connectivity index (χ1v) is 7.08. The molecule has 0 bridgehead atoms. The summed E-state index contributed by atoms with van der Waals surface area (Å²) < 4.78 is 12.2. The zero-order valence-electron chi connectivity index (χ0n) is 10.9. The molecule has 0 atom stereocenters. The summed E-state index contributed by atoms with van der Waals surface area (Å²) in [5, 5.41) is 8.69. The molecule has 4 heteroatoms. The van der Waals surface area contributed by atoms with Crippen LogP contribution in [0, 0.1) is 11.3 Å². The Bertz CT molecular complexity index is 573. The quantitative estimate of drug-likeness (QED) is 0.746. The Hall–Kier alpha value is -1.99. The molecule has 0 saturated carbocycles. The second kappa shape index (κ2) is 7.56. The third kappa shape index (κ3) is 4.60. The fraction of sp³-hybridized carbons (Fsp3) is 0.188. The largest absolute Gasteiger partial charge is 0.493 e. The molecule has 0 N–H and O–H groups in total. The summed E-state index contributed by atoms with van der Waals surface area (Å²) in [5.74, 6) is 1.62. The first-order valence-electron chi connectivity index (χ1n) is 6.29. The number of halogens is 1. The van der Waals surface area contributed by atoms with Crippen LogP contribution in [0.2, 0.25) is 0 Å². The van der Waals surface area contributed by atoms with Crippen LogP contribution in [0.4, 0.5) is 0 Å². The Morgan fingerprint density at radius 3 is 1.85 bits per heavy atom. The molecule has 3 nitrogen and oxygen atoms in total. The molecule has 0 aliphatic heterocycles. The highest BCUT2D eigenvalue weighted by Crippen LogP contribution is 2.16. The Morgan fingerprint density at radius 2 is 1.35 bits per heavy atom. The molecule has 20 heavy (non-hydrogen) atoms. The molecule has 0 radical (unpaired) electrons. The van der Waals surface area contributed by atoms with Crippen molar-refractivity contribution < 1.29 is 9.47 Å². The molecule has 2 aromatic carbocycles. The van der Waals surface area contributed by atoms with Gasteiger partial charge < -0.3 is 9.47 Å². The van der Waals surface area contributed by atoms with Crippen molar-refractivity contribution in [3.63, 3.8) is 0 Å². The monoisotopic (exact) mass is 331 g/mol. The maximum Gasteiger partial charge on any atom is 0.119 e. The van der Waals surface area contributed by atoms with E-state index in [0.29, 0.717) is 18.8 Å². The molecule has 102 valence electrons. The van der Waals surface area contributed by atoms with Crippen LogP contribution in [0.25, 0.3) is 0 Å². The number of rotatable bonds is 6. The normalized spacial score (nSPS) is 9.80. The van der Waals surface area contributed by atoms with Crippen molar-refractivity contribution in [1.82, 2.24) is 0 Å². The topological polar surface area (TPSA) is 42.2 Å². The summed E-state index contributed by atoms with van der Waals surface area (Å²) in [6.07, 6.45) is 0.802. The molecule has 0 fully saturated rings.